The summed E-state index contributed by atoms with van der Waals surface area (Å²) >= 11 is 1.42. The van der Waals surface area contributed by atoms with Gasteiger partial charge in [-0.3, -0.25) is 0 Å². The molecule has 0 bridgehead atoms. The minimum atomic E-state index is -1.47. The first kappa shape index (κ1) is 15.0. The SMILES string of the molecule is CC(O)(CNCc1cc(F)c(F)c(F)c1)c1cccs1. The molecular weight excluding hydrogens is 287 g/mol. The minimum Gasteiger partial charge on any atom is -0.383 e. The second kappa shape index (κ2) is 5.95. The average Bonchev–Trinajstić information content (AvgIpc) is 2.90. The molecule has 0 aliphatic heterocycles. The number of nitrogens with one attached hydrogen (secondary N) is 1. The molecule has 0 saturated heterocycles. The van der Waals surface area contributed by atoms with Crippen molar-refractivity contribution in [2.24, 2.45) is 0 Å². The first-order valence-corrected chi connectivity index (χ1v) is 6.88. The van der Waals surface area contributed by atoms with Gasteiger partial charge in [0.25, 0.3) is 0 Å². The van der Waals surface area contributed by atoms with Gasteiger partial charge in [0.15, 0.2) is 17.5 Å². The van der Waals surface area contributed by atoms with Gasteiger partial charge in [0.05, 0.1) is 0 Å². The van der Waals surface area contributed by atoms with Crippen LogP contribution in [0.2, 0.25) is 0 Å². The highest BCUT2D eigenvalue weighted by molar-refractivity contribution is 7.10. The van der Waals surface area contributed by atoms with Gasteiger partial charge in [-0.25, -0.2) is 13.2 Å². The van der Waals surface area contributed by atoms with Crippen molar-refractivity contribution in [3.8, 4) is 0 Å². The van der Waals surface area contributed by atoms with Crippen molar-refractivity contribution in [3.63, 3.8) is 0 Å². The predicted molar refractivity (Wildman–Crippen MR) is 71.9 cm³/mol. The van der Waals surface area contributed by atoms with E-state index in [9.17, 15) is 18.3 Å². The molecule has 2 nitrogen and oxygen atoms in total. The average molecular weight is 301 g/mol. The molecule has 2 rings (SSSR count). The molecular formula is C14H14F3NOS. The Bertz CT molecular complexity index is 561. The Labute approximate surface area is 118 Å². The predicted octanol–water partition coefficient (Wildman–Crippen LogP) is 3.16. The maximum Gasteiger partial charge on any atom is 0.194 e. The zero-order chi connectivity index (χ0) is 14.8. The zero-order valence-electron chi connectivity index (χ0n) is 10.8. The maximum absolute atomic E-state index is 13.0. The molecule has 1 heterocycles. The molecule has 20 heavy (non-hydrogen) atoms. The normalized spacial score (nSPS) is 14.2. The van der Waals surface area contributed by atoms with Crippen LogP contribution < -0.4 is 5.32 Å². The third-order valence-electron chi connectivity index (χ3n) is 2.89. The van der Waals surface area contributed by atoms with Gasteiger partial charge >= 0.3 is 0 Å². The standard InChI is InChI=1S/C14H14F3NOS/c1-14(19,12-3-2-4-20-12)8-18-7-9-5-10(15)13(17)11(16)6-9/h2-6,18-19H,7-8H2,1H3. The molecule has 2 N–H and O–H groups in total. The summed E-state index contributed by atoms with van der Waals surface area (Å²) in [4.78, 5) is 0.793. The van der Waals surface area contributed by atoms with Crippen LogP contribution in [0.4, 0.5) is 13.2 Å². The summed E-state index contributed by atoms with van der Waals surface area (Å²) < 4.78 is 38.9. The lowest BCUT2D eigenvalue weighted by atomic mass is 10.1. The molecule has 1 aromatic heterocycles. The summed E-state index contributed by atoms with van der Waals surface area (Å²) in [5.74, 6) is -3.90. The smallest absolute Gasteiger partial charge is 0.194 e. The van der Waals surface area contributed by atoms with Gasteiger partial charge in [-0.05, 0) is 36.1 Å². The van der Waals surface area contributed by atoms with E-state index in [-0.39, 0.29) is 18.7 Å². The lowest BCUT2D eigenvalue weighted by Crippen LogP contribution is -2.34. The van der Waals surface area contributed by atoms with E-state index in [0.29, 0.717) is 0 Å². The monoisotopic (exact) mass is 301 g/mol. The van der Waals surface area contributed by atoms with E-state index in [4.69, 9.17) is 0 Å². The van der Waals surface area contributed by atoms with Crippen LogP contribution in [0.5, 0.6) is 0 Å². The summed E-state index contributed by atoms with van der Waals surface area (Å²) in [6.45, 7) is 2.00. The summed E-state index contributed by atoms with van der Waals surface area (Å²) in [5, 5.41) is 15.0. The number of aliphatic hydroxyl groups is 1. The molecule has 1 aromatic carbocycles. The van der Waals surface area contributed by atoms with E-state index in [1.807, 2.05) is 17.5 Å². The second-order valence-electron chi connectivity index (χ2n) is 4.73. The van der Waals surface area contributed by atoms with E-state index in [0.717, 1.165) is 17.0 Å². The Morgan fingerprint density at radius 3 is 2.45 bits per heavy atom. The van der Waals surface area contributed by atoms with E-state index in [2.05, 4.69) is 5.32 Å². The molecule has 108 valence electrons. The van der Waals surface area contributed by atoms with Gasteiger partial charge in [-0.2, -0.15) is 0 Å². The molecule has 0 aliphatic carbocycles. The van der Waals surface area contributed by atoms with Crippen LogP contribution in [0.15, 0.2) is 29.6 Å². The Balaban J connectivity index is 1.96. The molecule has 1 unspecified atom stereocenters. The van der Waals surface area contributed by atoms with E-state index < -0.39 is 23.1 Å². The number of halogens is 3. The molecule has 0 spiro atoms. The lowest BCUT2D eigenvalue weighted by molar-refractivity contribution is 0.0604. The highest BCUT2D eigenvalue weighted by Crippen LogP contribution is 2.24. The molecule has 0 radical (unpaired) electrons. The van der Waals surface area contributed by atoms with Gasteiger partial charge in [0, 0.05) is 18.0 Å². The second-order valence-corrected chi connectivity index (χ2v) is 5.68. The van der Waals surface area contributed by atoms with Crippen LogP contribution in [-0.4, -0.2) is 11.7 Å². The summed E-state index contributed by atoms with van der Waals surface area (Å²) in [7, 11) is 0. The van der Waals surface area contributed by atoms with Crippen LogP contribution in [0.3, 0.4) is 0 Å². The van der Waals surface area contributed by atoms with Gasteiger partial charge in [-0.15, -0.1) is 11.3 Å². The third kappa shape index (κ3) is 3.39. The number of benzene rings is 1. The summed E-state index contributed by atoms with van der Waals surface area (Å²) in [5.41, 5.74) is -0.783. The highest BCUT2D eigenvalue weighted by Gasteiger charge is 2.23. The topological polar surface area (TPSA) is 32.3 Å². The van der Waals surface area contributed by atoms with Crippen molar-refractivity contribution in [3.05, 3.63) is 57.5 Å². The molecule has 0 amide bonds. The fourth-order valence-electron chi connectivity index (χ4n) is 1.83. The fourth-order valence-corrected chi connectivity index (χ4v) is 2.62. The highest BCUT2D eigenvalue weighted by atomic mass is 32.1. The maximum atomic E-state index is 13.0. The molecule has 1 atom stereocenters. The fraction of sp³-hybridized carbons (Fsp3) is 0.286. The summed E-state index contributed by atoms with van der Waals surface area (Å²) in [6.07, 6.45) is 0. The first-order chi connectivity index (χ1) is 9.40. The third-order valence-corrected chi connectivity index (χ3v) is 4.02. The van der Waals surface area contributed by atoms with Crippen LogP contribution in [0.25, 0.3) is 0 Å². The van der Waals surface area contributed by atoms with Gasteiger partial charge in [-0.1, -0.05) is 6.07 Å². The summed E-state index contributed by atoms with van der Waals surface area (Å²) in [6, 6.07) is 5.51. The Hall–Kier alpha value is -1.37. The Kier molecular flexibility index (Phi) is 4.47. The van der Waals surface area contributed by atoms with E-state index >= 15 is 0 Å². The van der Waals surface area contributed by atoms with Crippen LogP contribution in [-0.2, 0) is 12.1 Å². The van der Waals surface area contributed by atoms with Crippen LogP contribution in [0, 0.1) is 17.5 Å². The van der Waals surface area contributed by atoms with Crippen molar-refractivity contribution in [1.82, 2.24) is 5.32 Å². The lowest BCUT2D eigenvalue weighted by Gasteiger charge is -2.22. The molecule has 0 aliphatic rings. The van der Waals surface area contributed by atoms with Crippen molar-refractivity contribution >= 4 is 11.3 Å². The largest absolute Gasteiger partial charge is 0.383 e. The van der Waals surface area contributed by atoms with E-state index in [1.54, 1.807) is 6.92 Å². The molecule has 6 heteroatoms. The molecule has 0 fully saturated rings. The van der Waals surface area contributed by atoms with Gasteiger partial charge in [0.2, 0.25) is 0 Å². The minimum absolute atomic E-state index is 0.135. The van der Waals surface area contributed by atoms with E-state index in [1.165, 1.54) is 11.3 Å². The molecule has 2 aromatic rings. The zero-order valence-corrected chi connectivity index (χ0v) is 11.6. The molecule has 0 saturated carbocycles. The Morgan fingerprint density at radius 2 is 1.90 bits per heavy atom. The number of rotatable bonds is 5. The van der Waals surface area contributed by atoms with Gasteiger partial charge in [0.1, 0.15) is 5.60 Å². The number of thiophene rings is 1. The van der Waals surface area contributed by atoms with Crippen molar-refractivity contribution < 1.29 is 18.3 Å². The van der Waals surface area contributed by atoms with Crippen molar-refractivity contribution in [2.75, 3.05) is 6.54 Å². The van der Waals surface area contributed by atoms with Crippen LogP contribution in [0.1, 0.15) is 17.4 Å². The quantitative estimate of drug-likeness (QED) is 0.832. The number of hydrogen-bond acceptors (Lipinski definition) is 3. The van der Waals surface area contributed by atoms with Crippen LogP contribution >= 0.6 is 11.3 Å². The number of hydrogen-bond donors (Lipinski definition) is 2. The van der Waals surface area contributed by atoms with Gasteiger partial charge < -0.3 is 10.4 Å². The van der Waals surface area contributed by atoms with Crippen molar-refractivity contribution in [2.45, 2.75) is 19.1 Å². The Morgan fingerprint density at radius 1 is 1.25 bits per heavy atom. The first-order valence-electron chi connectivity index (χ1n) is 6.00. The van der Waals surface area contributed by atoms with Crippen molar-refractivity contribution in [1.29, 1.82) is 0 Å².